The van der Waals surface area contributed by atoms with Gasteiger partial charge in [-0.3, -0.25) is 28.8 Å². The van der Waals surface area contributed by atoms with Crippen LogP contribution in [0.2, 0.25) is 0 Å². The van der Waals surface area contributed by atoms with Gasteiger partial charge in [-0.15, -0.1) is 0 Å². The zero-order valence-electron chi connectivity index (χ0n) is 32.7. The van der Waals surface area contributed by atoms with Gasteiger partial charge in [-0.05, 0) is 114 Å². The van der Waals surface area contributed by atoms with E-state index in [9.17, 15) is 32.3 Å². The highest BCUT2D eigenvalue weighted by atomic mass is 19.4. The lowest BCUT2D eigenvalue weighted by Gasteiger charge is -2.36. The van der Waals surface area contributed by atoms with E-state index in [0.717, 1.165) is 81.5 Å². The molecule has 8 rings (SSSR count). The van der Waals surface area contributed by atoms with Crippen molar-refractivity contribution in [2.24, 2.45) is 13.0 Å². The number of hydrogen-bond donors (Lipinski definition) is 2. The molecule has 0 bridgehead atoms. The fourth-order valence-electron chi connectivity index (χ4n) is 8.90. The first kappa shape index (κ1) is 39.3. The summed E-state index contributed by atoms with van der Waals surface area (Å²) in [6.07, 6.45) is 5.46. The van der Waals surface area contributed by atoms with Gasteiger partial charge in [-0.2, -0.15) is 13.2 Å². The third-order valence-corrected chi connectivity index (χ3v) is 11.9. The van der Waals surface area contributed by atoms with Crippen LogP contribution in [0.5, 0.6) is 5.75 Å². The first-order valence-corrected chi connectivity index (χ1v) is 20.0. The van der Waals surface area contributed by atoms with E-state index in [-0.39, 0.29) is 35.7 Å². The Labute approximate surface area is 332 Å². The van der Waals surface area contributed by atoms with Crippen molar-refractivity contribution in [2.75, 3.05) is 25.0 Å². The SMILES string of the molecule is CC(C)Oc1cc2nc(C3CCC(CN4CCC(c5ccc6c(c5)n(C)c(=O)n6C5CCC(=O)NC5=O)CC4)CC3)cn2cc1NC(=O)c1cccc(C(F)(F)F)n1. The molecule has 2 saturated heterocycles. The molecule has 2 N–H and O–H groups in total. The summed E-state index contributed by atoms with van der Waals surface area (Å²) in [5.74, 6) is 0.0724. The smallest absolute Gasteiger partial charge is 0.433 e. The minimum atomic E-state index is -4.67. The van der Waals surface area contributed by atoms with E-state index in [1.54, 1.807) is 23.9 Å². The Morgan fingerprint density at radius 3 is 2.40 bits per heavy atom. The van der Waals surface area contributed by atoms with Gasteiger partial charge in [0.05, 0.1) is 22.8 Å². The maximum Gasteiger partial charge on any atom is 0.433 e. The van der Waals surface area contributed by atoms with Crippen molar-refractivity contribution in [1.29, 1.82) is 0 Å². The highest BCUT2D eigenvalue weighted by Crippen LogP contribution is 2.38. The number of piperidine rings is 2. The number of carbonyl (C=O) groups is 3. The molecule has 306 valence electrons. The number of anilines is 1. The van der Waals surface area contributed by atoms with Crippen molar-refractivity contribution < 1.29 is 32.3 Å². The molecule has 58 heavy (non-hydrogen) atoms. The second-order valence-electron chi connectivity index (χ2n) is 16.2. The summed E-state index contributed by atoms with van der Waals surface area (Å²) < 4.78 is 50.7. The summed E-state index contributed by atoms with van der Waals surface area (Å²) in [6, 6.07) is 10.4. The topological polar surface area (TPSA) is 145 Å². The molecule has 16 heteroatoms. The van der Waals surface area contributed by atoms with Gasteiger partial charge in [0.15, 0.2) is 0 Å². The molecule has 13 nitrogen and oxygen atoms in total. The van der Waals surface area contributed by atoms with Crippen LogP contribution in [0, 0.1) is 5.92 Å². The number of fused-ring (bicyclic) bond motifs is 2. The lowest BCUT2D eigenvalue weighted by molar-refractivity contribution is -0.141. The van der Waals surface area contributed by atoms with Crippen LogP contribution in [0.15, 0.2) is 59.7 Å². The number of halogens is 3. The third kappa shape index (κ3) is 7.98. The van der Waals surface area contributed by atoms with E-state index < -0.39 is 29.7 Å². The number of hydrogen-bond acceptors (Lipinski definition) is 8. The molecule has 3 aliphatic rings. The number of imidazole rings is 2. The van der Waals surface area contributed by atoms with Crippen LogP contribution in [-0.4, -0.2) is 71.9 Å². The van der Waals surface area contributed by atoms with Crippen molar-refractivity contribution in [3.63, 3.8) is 0 Å². The highest BCUT2D eigenvalue weighted by Gasteiger charge is 2.34. The Kier molecular flexibility index (Phi) is 10.6. The normalized spacial score (nSPS) is 21.2. The van der Waals surface area contributed by atoms with Crippen molar-refractivity contribution in [1.82, 2.24) is 33.7 Å². The molecule has 5 aromatic rings. The van der Waals surface area contributed by atoms with Gasteiger partial charge < -0.3 is 19.4 Å². The number of nitrogens with one attached hydrogen (secondary N) is 2. The summed E-state index contributed by atoms with van der Waals surface area (Å²) >= 11 is 0. The molecule has 1 unspecified atom stereocenters. The quantitative estimate of drug-likeness (QED) is 0.159. The third-order valence-electron chi connectivity index (χ3n) is 11.9. The van der Waals surface area contributed by atoms with Gasteiger partial charge in [0.25, 0.3) is 5.91 Å². The molecule has 1 saturated carbocycles. The predicted octanol–water partition coefficient (Wildman–Crippen LogP) is 6.57. The van der Waals surface area contributed by atoms with E-state index in [2.05, 4.69) is 32.7 Å². The Hall–Kier alpha value is -5.51. The molecule has 4 aromatic heterocycles. The van der Waals surface area contributed by atoms with Crippen molar-refractivity contribution in [3.8, 4) is 5.75 Å². The maximum absolute atomic E-state index is 13.3. The molecule has 0 radical (unpaired) electrons. The molecule has 2 aliphatic heterocycles. The fraction of sp³-hybridized carbons (Fsp3) is 0.476. The van der Waals surface area contributed by atoms with Crippen molar-refractivity contribution in [3.05, 3.63) is 88.0 Å². The van der Waals surface area contributed by atoms with Crippen LogP contribution in [0.3, 0.4) is 0 Å². The van der Waals surface area contributed by atoms with Crippen LogP contribution in [-0.2, 0) is 22.8 Å². The zero-order valence-corrected chi connectivity index (χ0v) is 32.7. The van der Waals surface area contributed by atoms with E-state index in [0.29, 0.717) is 40.9 Å². The fourth-order valence-corrected chi connectivity index (χ4v) is 8.90. The van der Waals surface area contributed by atoms with E-state index >= 15 is 0 Å². The molecule has 6 heterocycles. The highest BCUT2D eigenvalue weighted by molar-refractivity contribution is 6.03. The second kappa shape index (κ2) is 15.7. The summed E-state index contributed by atoms with van der Waals surface area (Å²) in [5, 5.41) is 5.06. The Morgan fingerprint density at radius 2 is 1.69 bits per heavy atom. The van der Waals surface area contributed by atoms with Crippen LogP contribution >= 0.6 is 0 Å². The zero-order chi connectivity index (χ0) is 40.9. The standard InChI is InChI=1S/C42H47F3N8O5/c1-24(2)58-35-20-37-47-30(22-52(37)23-31(35)48-39(55)29-5-4-6-36(46-29)42(43,44)45)27-9-7-25(8-10-27)21-51-17-15-26(16-18-51)28-11-12-32-34(19-28)50(3)41(57)53(32)33-13-14-38(54)49-40(33)56/h4-6,11-12,19-20,22-27,33H,7-10,13-18,21H2,1-3H3,(H,48,55)(H,49,54,56). The number of nitrogens with zero attached hydrogens (tertiary/aromatic N) is 6. The lowest BCUT2D eigenvalue weighted by Crippen LogP contribution is -2.44. The maximum atomic E-state index is 13.3. The number of ether oxygens (including phenoxy) is 1. The first-order valence-electron chi connectivity index (χ1n) is 20.0. The number of carbonyl (C=O) groups excluding carboxylic acids is 3. The van der Waals surface area contributed by atoms with Crippen molar-refractivity contribution >= 4 is 40.1 Å². The summed E-state index contributed by atoms with van der Waals surface area (Å²) in [7, 11) is 1.73. The molecule has 3 fully saturated rings. The van der Waals surface area contributed by atoms with Crippen LogP contribution < -0.4 is 21.1 Å². The van der Waals surface area contributed by atoms with Gasteiger partial charge >= 0.3 is 11.9 Å². The number of aryl methyl sites for hydroxylation is 1. The number of benzene rings is 1. The average molecular weight is 801 g/mol. The molecule has 3 amide bonds. The van der Waals surface area contributed by atoms with Gasteiger partial charge in [0.2, 0.25) is 11.8 Å². The number of likely N-dealkylation sites (tertiary alicyclic amines) is 1. The number of imide groups is 1. The minimum Gasteiger partial charge on any atom is -0.489 e. The Bertz CT molecular complexity index is 2440. The van der Waals surface area contributed by atoms with E-state index in [1.165, 1.54) is 16.2 Å². The molecule has 1 aliphatic carbocycles. The largest absolute Gasteiger partial charge is 0.489 e. The minimum absolute atomic E-state index is 0.207. The molecular weight excluding hydrogens is 754 g/mol. The predicted molar refractivity (Wildman–Crippen MR) is 210 cm³/mol. The van der Waals surface area contributed by atoms with Gasteiger partial charge in [0, 0.05) is 44.4 Å². The number of amides is 3. The summed E-state index contributed by atoms with van der Waals surface area (Å²) in [6.45, 7) is 6.73. The number of alkyl halides is 3. The lowest BCUT2D eigenvalue weighted by atomic mass is 9.80. The monoisotopic (exact) mass is 800 g/mol. The average Bonchev–Trinajstić information content (AvgIpc) is 3.71. The molecule has 0 spiro atoms. The molecule has 1 aromatic carbocycles. The van der Waals surface area contributed by atoms with Gasteiger partial charge in [0.1, 0.15) is 34.5 Å². The number of pyridine rings is 2. The number of rotatable bonds is 9. The van der Waals surface area contributed by atoms with Crippen LogP contribution in [0.4, 0.5) is 18.9 Å². The van der Waals surface area contributed by atoms with Crippen molar-refractivity contribution in [2.45, 2.75) is 95.4 Å². The molecular formula is C42H47F3N8O5. The first-order chi connectivity index (χ1) is 27.7. The summed E-state index contributed by atoms with van der Waals surface area (Å²) in [4.78, 5) is 61.6. The van der Waals surface area contributed by atoms with Gasteiger partial charge in [-0.25, -0.2) is 14.8 Å². The van der Waals surface area contributed by atoms with E-state index in [1.807, 2.05) is 30.5 Å². The Balaban J connectivity index is 0.874. The molecule has 1 atom stereocenters. The second-order valence-corrected chi connectivity index (χ2v) is 16.2. The summed E-state index contributed by atoms with van der Waals surface area (Å²) in [5.41, 5.74) is 2.85. The van der Waals surface area contributed by atoms with Crippen LogP contribution in [0.1, 0.15) is 111 Å². The van der Waals surface area contributed by atoms with Crippen LogP contribution in [0.25, 0.3) is 16.7 Å². The van der Waals surface area contributed by atoms with E-state index in [4.69, 9.17) is 9.72 Å². The Morgan fingerprint density at radius 1 is 0.931 bits per heavy atom. The number of aromatic nitrogens is 5. The van der Waals surface area contributed by atoms with Gasteiger partial charge in [-0.1, -0.05) is 12.1 Å².